The van der Waals surface area contributed by atoms with E-state index in [0.717, 1.165) is 48.5 Å². The Labute approximate surface area is 182 Å². The average Bonchev–Trinajstić information content (AvgIpc) is 3.40. The van der Waals surface area contributed by atoms with Crippen LogP contribution in [-0.2, 0) is 6.54 Å². The van der Waals surface area contributed by atoms with Gasteiger partial charge in [0.1, 0.15) is 0 Å². The molecule has 7 nitrogen and oxygen atoms in total. The molecular weight excluding hydrogens is 390 g/mol. The van der Waals surface area contributed by atoms with E-state index in [1.807, 2.05) is 18.2 Å². The molecule has 162 valence electrons. The largest absolute Gasteiger partial charge is 0.346 e. The molecule has 0 bridgehead atoms. The zero-order valence-electron chi connectivity index (χ0n) is 18.1. The summed E-state index contributed by atoms with van der Waals surface area (Å²) < 4.78 is 2.25. The summed E-state index contributed by atoms with van der Waals surface area (Å²) in [4.78, 5) is 28.8. The van der Waals surface area contributed by atoms with Crippen molar-refractivity contribution in [2.45, 2.75) is 20.4 Å². The van der Waals surface area contributed by atoms with Crippen molar-refractivity contribution in [1.82, 2.24) is 14.8 Å². The fourth-order valence-corrected chi connectivity index (χ4v) is 4.00. The Morgan fingerprint density at radius 2 is 1.97 bits per heavy atom. The summed E-state index contributed by atoms with van der Waals surface area (Å²) in [5, 5.41) is 6.86. The van der Waals surface area contributed by atoms with Gasteiger partial charge in [-0.05, 0) is 55.6 Å². The van der Waals surface area contributed by atoms with Crippen LogP contribution in [0.25, 0.3) is 10.9 Å². The van der Waals surface area contributed by atoms with Crippen LogP contribution in [0, 0.1) is 0 Å². The maximum absolute atomic E-state index is 12.8. The lowest BCUT2D eigenvalue weighted by molar-refractivity contribution is 0.102. The maximum Gasteiger partial charge on any atom is 0.321 e. The van der Waals surface area contributed by atoms with Crippen molar-refractivity contribution in [3.05, 3.63) is 60.3 Å². The van der Waals surface area contributed by atoms with Gasteiger partial charge in [-0.25, -0.2) is 4.79 Å². The summed E-state index contributed by atoms with van der Waals surface area (Å²) in [6, 6.07) is 15.1. The van der Waals surface area contributed by atoms with Crippen molar-refractivity contribution < 1.29 is 9.59 Å². The first kappa shape index (κ1) is 20.9. The Morgan fingerprint density at radius 3 is 2.71 bits per heavy atom. The molecule has 0 atom stereocenters. The lowest BCUT2D eigenvalue weighted by Crippen LogP contribution is -2.27. The highest BCUT2D eigenvalue weighted by atomic mass is 16.2. The zero-order chi connectivity index (χ0) is 21.8. The van der Waals surface area contributed by atoms with E-state index in [2.05, 4.69) is 52.3 Å². The second kappa shape index (κ2) is 9.22. The molecular formula is C24H29N5O2. The number of nitrogens with one attached hydrogen (secondary N) is 2. The number of rotatable bonds is 8. The van der Waals surface area contributed by atoms with Crippen LogP contribution in [0.3, 0.4) is 0 Å². The van der Waals surface area contributed by atoms with Crippen molar-refractivity contribution in [2.24, 2.45) is 0 Å². The van der Waals surface area contributed by atoms with Crippen molar-refractivity contribution >= 4 is 34.2 Å². The lowest BCUT2D eigenvalue weighted by Gasteiger charge is -2.18. The van der Waals surface area contributed by atoms with Gasteiger partial charge < -0.3 is 20.1 Å². The molecule has 31 heavy (non-hydrogen) atoms. The van der Waals surface area contributed by atoms with Crippen LogP contribution in [0.4, 0.5) is 16.2 Å². The molecule has 7 heteroatoms. The third-order valence-corrected chi connectivity index (χ3v) is 5.86. The molecule has 0 saturated carbocycles. The van der Waals surface area contributed by atoms with E-state index in [1.165, 1.54) is 0 Å². The monoisotopic (exact) mass is 419 g/mol. The first-order chi connectivity index (χ1) is 15.1. The van der Waals surface area contributed by atoms with Crippen LogP contribution >= 0.6 is 0 Å². The molecule has 1 saturated heterocycles. The molecule has 0 unspecified atom stereocenters. The molecule has 0 spiro atoms. The number of anilines is 2. The summed E-state index contributed by atoms with van der Waals surface area (Å²) >= 11 is 0. The molecule has 0 aliphatic carbocycles. The molecule has 2 heterocycles. The predicted octanol–water partition coefficient (Wildman–Crippen LogP) is 3.77. The minimum atomic E-state index is -0.193. The van der Waals surface area contributed by atoms with E-state index in [0.29, 0.717) is 18.7 Å². The van der Waals surface area contributed by atoms with E-state index < -0.39 is 0 Å². The fraction of sp³-hybridized carbons (Fsp3) is 0.333. The van der Waals surface area contributed by atoms with E-state index >= 15 is 0 Å². The van der Waals surface area contributed by atoms with Gasteiger partial charge in [-0.2, -0.15) is 0 Å². The molecule has 3 aromatic rings. The zero-order valence-corrected chi connectivity index (χ0v) is 18.1. The Bertz CT molecular complexity index is 1090. The van der Waals surface area contributed by atoms with E-state index in [9.17, 15) is 9.59 Å². The smallest absolute Gasteiger partial charge is 0.321 e. The van der Waals surface area contributed by atoms with Crippen molar-refractivity contribution in [3.8, 4) is 0 Å². The maximum atomic E-state index is 12.8. The van der Waals surface area contributed by atoms with Gasteiger partial charge in [0.15, 0.2) is 0 Å². The second-order valence-corrected chi connectivity index (χ2v) is 7.70. The topological polar surface area (TPSA) is 69.6 Å². The van der Waals surface area contributed by atoms with Crippen LogP contribution in [0.5, 0.6) is 0 Å². The molecule has 2 aromatic carbocycles. The first-order valence-corrected chi connectivity index (χ1v) is 10.9. The van der Waals surface area contributed by atoms with Gasteiger partial charge in [0, 0.05) is 60.2 Å². The molecule has 4 rings (SSSR count). The Hall–Kier alpha value is -3.32. The van der Waals surface area contributed by atoms with E-state index in [1.54, 1.807) is 23.1 Å². The predicted molar refractivity (Wildman–Crippen MR) is 125 cm³/mol. The Balaban J connectivity index is 1.46. The summed E-state index contributed by atoms with van der Waals surface area (Å²) in [5.41, 5.74) is 3.16. The van der Waals surface area contributed by atoms with Gasteiger partial charge in [0.05, 0.1) is 0 Å². The molecule has 3 amide bonds. The summed E-state index contributed by atoms with van der Waals surface area (Å²) in [7, 11) is 0. The first-order valence-electron chi connectivity index (χ1n) is 10.9. The number of carbonyl (C=O) groups excluding carboxylic acids is 2. The quantitative estimate of drug-likeness (QED) is 0.584. The Kier molecular flexibility index (Phi) is 6.23. The number of benzene rings is 2. The lowest BCUT2D eigenvalue weighted by atomic mass is 10.1. The molecule has 1 aromatic heterocycles. The van der Waals surface area contributed by atoms with Gasteiger partial charge in [-0.15, -0.1) is 0 Å². The number of urea groups is 1. The highest BCUT2D eigenvalue weighted by Gasteiger charge is 2.21. The third-order valence-electron chi connectivity index (χ3n) is 5.86. The van der Waals surface area contributed by atoms with Gasteiger partial charge >= 0.3 is 6.03 Å². The number of fused-ring (bicyclic) bond motifs is 1. The molecule has 1 aliphatic rings. The standard InChI is InChI=1S/C24H29N5O2/c1-3-27(4-2)14-15-28-12-10-18-16-20(8-9-22(18)28)26-23(30)19-6-5-7-21(17-19)29-13-11-25-24(29)31/h5-10,12,16-17H,3-4,11,13-15H2,1-2H3,(H,25,31)(H,26,30). The van der Waals surface area contributed by atoms with Crippen LogP contribution in [-0.4, -0.2) is 54.1 Å². The molecule has 0 radical (unpaired) electrons. The number of likely N-dealkylation sites (N-methyl/N-ethyl adjacent to an activating group) is 1. The molecule has 1 fully saturated rings. The number of hydrogen-bond acceptors (Lipinski definition) is 3. The second-order valence-electron chi connectivity index (χ2n) is 7.70. The van der Waals surface area contributed by atoms with Gasteiger partial charge in [-0.3, -0.25) is 9.69 Å². The highest BCUT2D eigenvalue weighted by Crippen LogP contribution is 2.23. The normalized spacial score (nSPS) is 13.8. The summed E-state index contributed by atoms with van der Waals surface area (Å²) in [6.07, 6.45) is 2.10. The third kappa shape index (κ3) is 4.56. The van der Waals surface area contributed by atoms with E-state index in [-0.39, 0.29) is 11.9 Å². The average molecular weight is 420 g/mol. The van der Waals surface area contributed by atoms with Crippen molar-refractivity contribution in [2.75, 3.05) is 42.9 Å². The van der Waals surface area contributed by atoms with Gasteiger partial charge in [0.2, 0.25) is 0 Å². The minimum absolute atomic E-state index is 0.131. The van der Waals surface area contributed by atoms with Crippen molar-refractivity contribution in [1.29, 1.82) is 0 Å². The minimum Gasteiger partial charge on any atom is -0.346 e. The Morgan fingerprint density at radius 1 is 1.13 bits per heavy atom. The molecule has 1 aliphatic heterocycles. The number of carbonyl (C=O) groups is 2. The van der Waals surface area contributed by atoms with Crippen LogP contribution in [0.1, 0.15) is 24.2 Å². The van der Waals surface area contributed by atoms with Crippen LogP contribution in [0.2, 0.25) is 0 Å². The number of nitrogens with zero attached hydrogens (tertiary/aromatic N) is 3. The van der Waals surface area contributed by atoms with Crippen molar-refractivity contribution in [3.63, 3.8) is 0 Å². The summed E-state index contributed by atoms with van der Waals surface area (Å²) in [5.74, 6) is -0.193. The SMILES string of the molecule is CCN(CC)CCn1ccc2cc(NC(=O)c3cccc(N4CCNC4=O)c3)ccc21. The van der Waals surface area contributed by atoms with E-state index in [4.69, 9.17) is 0 Å². The summed E-state index contributed by atoms with van der Waals surface area (Å²) in [6.45, 7) is 9.64. The van der Waals surface area contributed by atoms with Crippen LogP contribution in [0.15, 0.2) is 54.7 Å². The molecule has 2 N–H and O–H groups in total. The number of hydrogen-bond donors (Lipinski definition) is 2. The van der Waals surface area contributed by atoms with Gasteiger partial charge in [-0.1, -0.05) is 19.9 Å². The van der Waals surface area contributed by atoms with Gasteiger partial charge in [0.25, 0.3) is 5.91 Å². The fourth-order valence-electron chi connectivity index (χ4n) is 4.00. The number of aromatic nitrogens is 1. The van der Waals surface area contributed by atoms with Crippen LogP contribution < -0.4 is 15.5 Å². The number of amides is 3. The highest BCUT2D eigenvalue weighted by molar-refractivity contribution is 6.06.